The molecule has 0 aromatic heterocycles. The molecule has 4 rings (SSSR count). The number of hydrogen-bond acceptors (Lipinski definition) is 0. The molecule has 0 nitrogen and oxygen atoms in total. The lowest BCUT2D eigenvalue weighted by Gasteiger charge is -2.55. The van der Waals surface area contributed by atoms with Crippen molar-refractivity contribution in [3.05, 3.63) is 33.4 Å². The topological polar surface area (TPSA) is 0 Å². The maximum Gasteiger partial charge on any atom is 0.340 e. The van der Waals surface area contributed by atoms with Gasteiger partial charge >= 0.3 is 35.5 Å². The Labute approximate surface area is 123 Å². The molecule has 0 amide bonds. The Hall–Kier alpha value is -1.62. The van der Waals surface area contributed by atoms with Gasteiger partial charge in [0, 0.05) is 33.4 Å². The Bertz CT molecular complexity index is 633. The highest BCUT2D eigenvalue weighted by atomic mass is 19.3. The number of halogens is 12. The van der Waals surface area contributed by atoms with E-state index in [0.717, 1.165) is 0 Å². The van der Waals surface area contributed by atoms with Crippen molar-refractivity contribution in [3.63, 3.8) is 0 Å². The van der Waals surface area contributed by atoms with Crippen LogP contribution in [0.15, 0.2) is 0 Å². The van der Waals surface area contributed by atoms with Gasteiger partial charge in [-0.25, -0.2) is 0 Å². The van der Waals surface area contributed by atoms with Gasteiger partial charge in [-0.1, -0.05) is 0 Å². The SMILES string of the molecule is FC1(F)c2c3c(c4c(c2C1(F)F)C(F)(F)C4(F)F)C(F)(F)C3(F)F. The first-order valence-electron chi connectivity index (χ1n) is 6.02. The summed E-state index contributed by atoms with van der Waals surface area (Å²) < 4.78 is 161. The first kappa shape index (κ1) is 15.9. The number of benzene rings is 1. The summed E-state index contributed by atoms with van der Waals surface area (Å²) in [5.41, 5.74) is -14.5. The second kappa shape index (κ2) is 3.24. The Morgan fingerprint density at radius 3 is 0.417 bits per heavy atom. The van der Waals surface area contributed by atoms with Gasteiger partial charge in [-0.2, -0.15) is 52.7 Å². The predicted molar refractivity (Wildman–Crippen MR) is 49.8 cm³/mol. The molecule has 0 fully saturated rings. The minimum absolute atomic E-state index is 2.42. The van der Waals surface area contributed by atoms with Gasteiger partial charge < -0.3 is 0 Å². The Morgan fingerprint density at radius 2 is 0.333 bits per heavy atom. The van der Waals surface area contributed by atoms with E-state index >= 15 is 0 Å². The summed E-state index contributed by atoms with van der Waals surface area (Å²) in [5, 5.41) is 0. The van der Waals surface area contributed by atoms with Gasteiger partial charge in [0.2, 0.25) is 0 Å². The predicted octanol–water partition coefficient (Wildman–Crippen LogP) is 5.28. The van der Waals surface area contributed by atoms with Gasteiger partial charge in [0.25, 0.3) is 0 Å². The van der Waals surface area contributed by atoms with Crippen LogP contribution in [0.1, 0.15) is 33.4 Å². The normalized spacial score (nSPS) is 30.0. The van der Waals surface area contributed by atoms with Gasteiger partial charge in [0.05, 0.1) is 0 Å². The van der Waals surface area contributed by atoms with Gasteiger partial charge in [-0.05, 0) is 0 Å². The maximum absolute atomic E-state index is 13.4. The van der Waals surface area contributed by atoms with Crippen LogP contribution >= 0.6 is 0 Å². The van der Waals surface area contributed by atoms with Crippen LogP contribution in [0, 0.1) is 0 Å². The molecule has 0 spiro atoms. The largest absolute Gasteiger partial charge is 0.340 e. The van der Waals surface area contributed by atoms with Crippen molar-refractivity contribution < 1.29 is 52.7 Å². The van der Waals surface area contributed by atoms with E-state index in [0.29, 0.717) is 0 Å². The third-order valence-corrected chi connectivity index (χ3v) is 4.57. The molecule has 0 heterocycles. The molecule has 3 aliphatic rings. The third-order valence-electron chi connectivity index (χ3n) is 4.57. The highest BCUT2D eigenvalue weighted by Gasteiger charge is 2.87. The molecule has 12 heteroatoms. The van der Waals surface area contributed by atoms with Gasteiger partial charge in [-0.15, -0.1) is 0 Å². The van der Waals surface area contributed by atoms with E-state index in [9.17, 15) is 52.7 Å². The van der Waals surface area contributed by atoms with Crippen molar-refractivity contribution in [2.45, 2.75) is 35.5 Å². The van der Waals surface area contributed by atoms with E-state index < -0.39 is 68.9 Å². The van der Waals surface area contributed by atoms with E-state index in [4.69, 9.17) is 0 Å². The van der Waals surface area contributed by atoms with Crippen LogP contribution in [0.2, 0.25) is 0 Å². The van der Waals surface area contributed by atoms with Crippen LogP contribution in [0.5, 0.6) is 0 Å². The first-order chi connectivity index (χ1) is 10.5. The molecule has 0 aliphatic heterocycles. The molecule has 1 aromatic carbocycles. The highest BCUT2D eigenvalue weighted by molar-refractivity contribution is 5.74. The molecule has 0 saturated heterocycles. The Morgan fingerprint density at radius 1 is 0.250 bits per heavy atom. The smallest absolute Gasteiger partial charge is 0.194 e. The van der Waals surface area contributed by atoms with Crippen LogP contribution in [0.25, 0.3) is 0 Å². The second-order valence-electron chi connectivity index (χ2n) is 5.70. The van der Waals surface area contributed by atoms with Gasteiger partial charge in [0.1, 0.15) is 0 Å². The molecule has 0 atom stereocenters. The summed E-state index contributed by atoms with van der Waals surface area (Å²) >= 11 is 0. The number of fused-ring (bicyclic) bond motifs is 6. The standard InChI is InChI=1S/C12F12/c13-7(14)1-2(8(7,15)16)4-6(12(23,24)11(4,21)22)5-3(1)9(17,18)10(5,19)20. The van der Waals surface area contributed by atoms with Gasteiger partial charge in [0.15, 0.2) is 0 Å². The summed E-state index contributed by atoms with van der Waals surface area (Å²) in [4.78, 5) is 0. The molecule has 0 saturated carbocycles. The van der Waals surface area contributed by atoms with Crippen molar-refractivity contribution in [1.29, 1.82) is 0 Å². The van der Waals surface area contributed by atoms with Crippen LogP contribution < -0.4 is 0 Å². The van der Waals surface area contributed by atoms with Crippen LogP contribution in [-0.4, -0.2) is 0 Å². The van der Waals surface area contributed by atoms with E-state index in [-0.39, 0.29) is 0 Å². The third kappa shape index (κ3) is 1.05. The number of rotatable bonds is 0. The van der Waals surface area contributed by atoms with Crippen molar-refractivity contribution in [3.8, 4) is 0 Å². The molecular formula is C12F12. The van der Waals surface area contributed by atoms with E-state index in [1.54, 1.807) is 0 Å². The van der Waals surface area contributed by atoms with E-state index in [1.807, 2.05) is 0 Å². The fourth-order valence-corrected chi connectivity index (χ4v) is 3.39. The molecular weight excluding hydrogens is 372 g/mol. The van der Waals surface area contributed by atoms with Crippen LogP contribution in [-0.2, 0) is 35.5 Å². The summed E-state index contributed by atoms with van der Waals surface area (Å²) in [7, 11) is 0. The summed E-state index contributed by atoms with van der Waals surface area (Å²) in [6, 6.07) is 0. The molecule has 0 radical (unpaired) electrons. The monoisotopic (exact) mass is 372 g/mol. The maximum atomic E-state index is 13.4. The zero-order chi connectivity index (χ0) is 18.5. The fourth-order valence-electron chi connectivity index (χ4n) is 3.39. The molecule has 24 heavy (non-hydrogen) atoms. The van der Waals surface area contributed by atoms with Crippen LogP contribution in [0.4, 0.5) is 52.7 Å². The van der Waals surface area contributed by atoms with Crippen molar-refractivity contribution >= 4 is 0 Å². The van der Waals surface area contributed by atoms with Gasteiger partial charge in [-0.3, -0.25) is 0 Å². The minimum Gasteiger partial charge on any atom is -0.194 e. The minimum atomic E-state index is -5.46. The van der Waals surface area contributed by atoms with Crippen molar-refractivity contribution in [2.75, 3.05) is 0 Å². The van der Waals surface area contributed by atoms with Crippen LogP contribution in [0.3, 0.4) is 0 Å². The number of alkyl halides is 12. The average Bonchev–Trinajstić information content (AvgIpc) is 2.43. The summed E-state index contributed by atoms with van der Waals surface area (Å²) in [6.07, 6.45) is 0. The molecule has 0 bridgehead atoms. The van der Waals surface area contributed by atoms with E-state index in [2.05, 4.69) is 0 Å². The van der Waals surface area contributed by atoms with E-state index in [1.165, 1.54) is 0 Å². The summed E-state index contributed by atoms with van der Waals surface area (Å²) in [6.45, 7) is 0. The van der Waals surface area contributed by atoms with Crippen molar-refractivity contribution in [2.24, 2.45) is 0 Å². The fraction of sp³-hybridized carbons (Fsp3) is 0.500. The zero-order valence-electron chi connectivity index (χ0n) is 10.5. The lowest BCUT2D eigenvalue weighted by atomic mass is 9.57. The highest BCUT2D eigenvalue weighted by Crippen LogP contribution is 2.78. The molecule has 1 aromatic rings. The molecule has 3 aliphatic carbocycles. The molecule has 0 N–H and O–H groups in total. The summed E-state index contributed by atoms with van der Waals surface area (Å²) in [5.74, 6) is -32.7. The molecule has 132 valence electrons. The second-order valence-corrected chi connectivity index (χ2v) is 5.70. The quantitative estimate of drug-likeness (QED) is 0.544. The Kier molecular flexibility index (Phi) is 2.14. The van der Waals surface area contributed by atoms with Crippen molar-refractivity contribution in [1.82, 2.24) is 0 Å². The molecule has 0 unspecified atom stereocenters. The number of hydrogen-bond donors (Lipinski definition) is 0. The Balaban J connectivity index is 2.22. The lowest BCUT2D eigenvalue weighted by molar-refractivity contribution is -0.300. The lowest BCUT2D eigenvalue weighted by Crippen LogP contribution is -2.63. The zero-order valence-corrected chi connectivity index (χ0v) is 10.5. The average molecular weight is 372 g/mol. The first-order valence-corrected chi connectivity index (χ1v) is 6.02.